The highest BCUT2D eigenvalue weighted by Gasteiger charge is 2.23. The molecule has 0 aliphatic rings. The molecule has 35 heavy (non-hydrogen) atoms. The Morgan fingerprint density at radius 1 is 0.971 bits per heavy atom. The predicted octanol–water partition coefficient (Wildman–Crippen LogP) is 3.77. The van der Waals surface area contributed by atoms with E-state index in [1.165, 1.54) is 9.80 Å². The Bertz CT molecular complexity index is 1090. The minimum atomic E-state index is -0.215. The second kappa shape index (κ2) is 12.8. The average molecular weight is 481 g/mol. The van der Waals surface area contributed by atoms with Gasteiger partial charge in [0.2, 0.25) is 5.91 Å². The van der Waals surface area contributed by atoms with Gasteiger partial charge in [0.05, 0.1) is 13.2 Å². The normalized spacial score (nSPS) is 10.9. The van der Waals surface area contributed by atoms with Gasteiger partial charge in [-0.15, -0.1) is 0 Å². The molecule has 0 radical (unpaired) electrons. The highest BCUT2D eigenvalue weighted by Crippen LogP contribution is 2.19. The Morgan fingerprint density at radius 2 is 1.71 bits per heavy atom. The van der Waals surface area contributed by atoms with Crippen LogP contribution in [-0.4, -0.2) is 85.7 Å². The SMILES string of the molecule is CCOc1ccc(CN(CCc2c[nH]c3ccccc23)C(=O)CN(CCOC)C(=O)N(C)C)cc1. The number of benzene rings is 2. The van der Waals surface area contributed by atoms with Crippen molar-refractivity contribution in [2.45, 2.75) is 19.9 Å². The largest absolute Gasteiger partial charge is 0.494 e. The van der Waals surface area contributed by atoms with Crippen molar-refractivity contribution in [1.82, 2.24) is 19.7 Å². The summed E-state index contributed by atoms with van der Waals surface area (Å²) >= 11 is 0. The number of H-pyrrole nitrogens is 1. The lowest BCUT2D eigenvalue weighted by Crippen LogP contribution is -2.47. The average Bonchev–Trinajstić information content (AvgIpc) is 3.28. The fourth-order valence-electron chi connectivity index (χ4n) is 3.95. The van der Waals surface area contributed by atoms with Gasteiger partial charge in [-0.3, -0.25) is 4.79 Å². The molecule has 0 spiro atoms. The molecule has 0 atom stereocenters. The molecular formula is C27H36N4O4. The molecule has 0 fully saturated rings. The first-order chi connectivity index (χ1) is 16.9. The highest BCUT2D eigenvalue weighted by atomic mass is 16.5. The van der Waals surface area contributed by atoms with Crippen LogP contribution >= 0.6 is 0 Å². The number of methoxy groups -OCH3 is 1. The topological polar surface area (TPSA) is 78.1 Å². The number of nitrogens with zero attached hydrogens (tertiary/aromatic N) is 3. The van der Waals surface area contributed by atoms with Crippen LogP contribution < -0.4 is 4.74 Å². The molecule has 1 aromatic heterocycles. The first-order valence-corrected chi connectivity index (χ1v) is 11.9. The Kier molecular flexibility index (Phi) is 9.55. The summed E-state index contributed by atoms with van der Waals surface area (Å²) in [6.45, 7) is 4.23. The Labute approximate surface area is 207 Å². The molecule has 0 bridgehead atoms. The number of aromatic nitrogens is 1. The van der Waals surface area contributed by atoms with E-state index in [4.69, 9.17) is 9.47 Å². The quantitative estimate of drug-likeness (QED) is 0.428. The summed E-state index contributed by atoms with van der Waals surface area (Å²) in [5.74, 6) is 0.695. The van der Waals surface area contributed by atoms with E-state index in [1.54, 1.807) is 21.2 Å². The van der Waals surface area contributed by atoms with Gasteiger partial charge in [0.1, 0.15) is 12.3 Å². The van der Waals surface area contributed by atoms with Crippen molar-refractivity contribution in [1.29, 1.82) is 0 Å². The van der Waals surface area contributed by atoms with Crippen LogP contribution in [0.15, 0.2) is 54.7 Å². The second-order valence-electron chi connectivity index (χ2n) is 8.59. The van der Waals surface area contributed by atoms with E-state index in [0.717, 1.165) is 27.8 Å². The third-order valence-corrected chi connectivity index (χ3v) is 5.83. The Morgan fingerprint density at radius 3 is 2.40 bits per heavy atom. The van der Waals surface area contributed by atoms with Crippen molar-refractivity contribution in [2.75, 3.05) is 54.1 Å². The summed E-state index contributed by atoms with van der Waals surface area (Å²) in [5.41, 5.74) is 3.24. The standard InChI is InChI=1S/C27H36N4O4/c1-5-35-23-12-10-21(11-13-23)19-30(15-14-22-18-28-25-9-7-6-8-24(22)25)26(32)20-31(16-17-34-4)27(33)29(2)3/h6-13,18,28H,5,14-17,19-20H2,1-4H3. The molecule has 3 rings (SSSR count). The lowest BCUT2D eigenvalue weighted by atomic mass is 10.1. The predicted molar refractivity (Wildman–Crippen MR) is 138 cm³/mol. The lowest BCUT2D eigenvalue weighted by Gasteiger charge is -2.29. The molecular weight excluding hydrogens is 444 g/mol. The maximum atomic E-state index is 13.5. The smallest absolute Gasteiger partial charge is 0.320 e. The fraction of sp³-hybridized carbons (Fsp3) is 0.407. The van der Waals surface area contributed by atoms with E-state index in [-0.39, 0.29) is 18.5 Å². The third-order valence-electron chi connectivity index (χ3n) is 5.83. The number of rotatable bonds is 12. The maximum Gasteiger partial charge on any atom is 0.320 e. The molecule has 0 aliphatic heterocycles. The van der Waals surface area contributed by atoms with Gasteiger partial charge in [-0.05, 0) is 42.7 Å². The Balaban J connectivity index is 1.78. The van der Waals surface area contributed by atoms with E-state index >= 15 is 0 Å². The van der Waals surface area contributed by atoms with Crippen LogP contribution in [0, 0.1) is 0 Å². The molecule has 3 aromatic rings. The van der Waals surface area contributed by atoms with Crippen LogP contribution in [0.3, 0.4) is 0 Å². The minimum Gasteiger partial charge on any atom is -0.494 e. The number of aromatic amines is 1. The van der Waals surface area contributed by atoms with Gasteiger partial charge in [-0.25, -0.2) is 4.79 Å². The first-order valence-electron chi connectivity index (χ1n) is 11.9. The zero-order valence-electron chi connectivity index (χ0n) is 21.1. The van der Waals surface area contributed by atoms with Crippen molar-refractivity contribution < 1.29 is 19.1 Å². The summed E-state index contributed by atoms with van der Waals surface area (Å²) < 4.78 is 10.7. The van der Waals surface area contributed by atoms with E-state index in [1.807, 2.05) is 60.5 Å². The number of ether oxygens (including phenoxy) is 2. The van der Waals surface area contributed by atoms with Gasteiger partial charge in [0, 0.05) is 57.9 Å². The van der Waals surface area contributed by atoms with Crippen molar-refractivity contribution in [3.05, 3.63) is 65.9 Å². The number of carbonyl (C=O) groups is 2. The molecule has 188 valence electrons. The van der Waals surface area contributed by atoms with Gasteiger partial charge >= 0.3 is 6.03 Å². The molecule has 8 heteroatoms. The van der Waals surface area contributed by atoms with Gasteiger partial charge in [-0.1, -0.05) is 30.3 Å². The maximum absolute atomic E-state index is 13.5. The zero-order chi connectivity index (χ0) is 25.2. The van der Waals surface area contributed by atoms with Crippen LogP contribution in [-0.2, 0) is 22.5 Å². The summed E-state index contributed by atoms with van der Waals surface area (Å²) in [6, 6.07) is 15.7. The first kappa shape index (κ1) is 26.1. The van der Waals surface area contributed by atoms with Crippen LogP contribution in [0.5, 0.6) is 5.75 Å². The number of fused-ring (bicyclic) bond motifs is 1. The summed E-state index contributed by atoms with van der Waals surface area (Å²) in [6.07, 6.45) is 2.71. The molecule has 8 nitrogen and oxygen atoms in total. The van der Waals surface area contributed by atoms with Crippen molar-refractivity contribution in [3.8, 4) is 5.75 Å². The van der Waals surface area contributed by atoms with E-state index in [9.17, 15) is 9.59 Å². The number of amides is 3. The second-order valence-corrected chi connectivity index (χ2v) is 8.59. The fourth-order valence-corrected chi connectivity index (χ4v) is 3.95. The molecule has 1 N–H and O–H groups in total. The summed E-state index contributed by atoms with van der Waals surface area (Å²) in [4.78, 5) is 34.3. The number of para-hydroxylation sites is 1. The molecule has 3 amide bonds. The van der Waals surface area contributed by atoms with Gasteiger partial charge in [0.25, 0.3) is 0 Å². The zero-order valence-corrected chi connectivity index (χ0v) is 21.1. The summed E-state index contributed by atoms with van der Waals surface area (Å²) in [7, 11) is 4.95. The van der Waals surface area contributed by atoms with Crippen LogP contribution in [0.2, 0.25) is 0 Å². The molecule has 1 heterocycles. The number of hydrogen-bond acceptors (Lipinski definition) is 4. The number of urea groups is 1. The third kappa shape index (κ3) is 7.23. The molecule has 2 aromatic carbocycles. The number of carbonyl (C=O) groups excluding carboxylic acids is 2. The van der Waals surface area contributed by atoms with Crippen LogP contribution in [0.1, 0.15) is 18.1 Å². The molecule has 0 saturated carbocycles. The van der Waals surface area contributed by atoms with Gasteiger partial charge in [-0.2, -0.15) is 0 Å². The number of hydrogen-bond donors (Lipinski definition) is 1. The van der Waals surface area contributed by atoms with Crippen LogP contribution in [0.4, 0.5) is 4.79 Å². The Hall–Kier alpha value is -3.52. The molecule has 0 saturated heterocycles. The van der Waals surface area contributed by atoms with Crippen molar-refractivity contribution >= 4 is 22.8 Å². The lowest BCUT2D eigenvalue weighted by molar-refractivity contribution is -0.132. The number of nitrogens with one attached hydrogen (secondary N) is 1. The molecule has 0 unspecified atom stereocenters. The highest BCUT2D eigenvalue weighted by molar-refractivity contribution is 5.85. The van der Waals surface area contributed by atoms with E-state index in [2.05, 4.69) is 11.1 Å². The van der Waals surface area contributed by atoms with Crippen molar-refractivity contribution in [3.63, 3.8) is 0 Å². The minimum absolute atomic E-state index is 0.00864. The van der Waals surface area contributed by atoms with Crippen LogP contribution in [0.25, 0.3) is 10.9 Å². The van der Waals surface area contributed by atoms with E-state index < -0.39 is 0 Å². The molecule has 0 aliphatic carbocycles. The van der Waals surface area contributed by atoms with Crippen molar-refractivity contribution in [2.24, 2.45) is 0 Å². The van der Waals surface area contributed by atoms with Gasteiger partial charge < -0.3 is 29.2 Å². The van der Waals surface area contributed by atoms with Gasteiger partial charge in [0.15, 0.2) is 0 Å². The van der Waals surface area contributed by atoms with E-state index in [0.29, 0.717) is 39.3 Å². The summed E-state index contributed by atoms with van der Waals surface area (Å²) in [5, 5.41) is 1.16. The monoisotopic (exact) mass is 480 g/mol.